The fourth-order valence-corrected chi connectivity index (χ4v) is 4.28. The molecule has 4 rings (SSSR count). The van der Waals surface area contributed by atoms with Crippen LogP contribution in [-0.4, -0.2) is 43.2 Å². The van der Waals surface area contributed by atoms with Crippen molar-refractivity contribution in [2.24, 2.45) is 0 Å². The van der Waals surface area contributed by atoms with E-state index in [2.05, 4.69) is 47.2 Å². The first kappa shape index (κ1) is 22.4. The molecule has 3 aromatic carbocycles. The number of amides is 1. The normalized spacial score (nSPS) is 13.7. The topological polar surface area (TPSA) is 72.9 Å². The van der Waals surface area contributed by atoms with Crippen LogP contribution in [0.25, 0.3) is 0 Å². The Morgan fingerprint density at radius 2 is 1.55 bits per heavy atom. The fourth-order valence-electron chi connectivity index (χ4n) is 4.28. The van der Waals surface area contributed by atoms with Crippen LogP contribution in [0.15, 0.2) is 60.7 Å². The molecule has 1 heterocycles. The Bertz CT molecular complexity index is 1200. The number of carbonyl (C=O) groups is 2. The number of aromatic carboxylic acids is 1. The first-order valence-corrected chi connectivity index (χ1v) is 11.1. The van der Waals surface area contributed by atoms with E-state index in [1.807, 2.05) is 25.1 Å². The second-order valence-corrected chi connectivity index (χ2v) is 8.55. The number of hydrogen-bond donors (Lipinski definition) is 2. The molecule has 170 valence electrons. The number of piperazine rings is 1. The van der Waals surface area contributed by atoms with Crippen LogP contribution in [0, 0.1) is 20.8 Å². The SMILES string of the molecule is Cc1cccc(C(=O)Nc2ccc(N3CCN(c4cccc(C)c4C)CC3)cc2C(=O)O)c1. The molecule has 2 N–H and O–H groups in total. The summed E-state index contributed by atoms with van der Waals surface area (Å²) >= 11 is 0. The van der Waals surface area contributed by atoms with Gasteiger partial charge in [0, 0.05) is 43.1 Å². The highest BCUT2D eigenvalue weighted by atomic mass is 16.4. The number of aryl methyl sites for hydroxylation is 2. The molecule has 3 aromatic rings. The molecule has 0 bridgehead atoms. The van der Waals surface area contributed by atoms with Crippen molar-refractivity contribution in [1.29, 1.82) is 0 Å². The average Bonchev–Trinajstić information content (AvgIpc) is 2.81. The van der Waals surface area contributed by atoms with Crippen molar-refractivity contribution >= 4 is 28.9 Å². The molecular weight excluding hydrogens is 414 g/mol. The summed E-state index contributed by atoms with van der Waals surface area (Å²) in [4.78, 5) is 29.2. The molecule has 0 aromatic heterocycles. The van der Waals surface area contributed by atoms with E-state index >= 15 is 0 Å². The van der Waals surface area contributed by atoms with Gasteiger partial charge in [0.25, 0.3) is 5.91 Å². The first-order valence-electron chi connectivity index (χ1n) is 11.1. The summed E-state index contributed by atoms with van der Waals surface area (Å²) in [5.41, 5.74) is 6.54. The monoisotopic (exact) mass is 443 g/mol. The molecule has 0 radical (unpaired) electrons. The van der Waals surface area contributed by atoms with Crippen LogP contribution in [0.4, 0.5) is 17.1 Å². The summed E-state index contributed by atoms with van der Waals surface area (Å²) < 4.78 is 0. The maximum Gasteiger partial charge on any atom is 0.337 e. The number of benzene rings is 3. The van der Waals surface area contributed by atoms with Gasteiger partial charge in [-0.2, -0.15) is 0 Å². The lowest BCUT2D eigenvalue weighted by atomic mass is 10.1. The Morgan fingerprint density at radius 3 is 2.24 bits per heavy atom. The number of carboxylic acid groups (broad SMARTS) is 1. The van der Waals surface area contributed by atoms with E-state index in [0.29, 0.717) is 11.3 Å². The molecule has 0 unspecified atom stereocenters. The summed E-state index contributed by atoms with van der Waals surface area (Å²) in [6.45, 7) is 9.50. The minimum absolute atomic E-state index is 0.0884. The maximum atomic E-state index is 12.6. The number of anilines is 3. The summed E-state index contributed by atoms with van der Waals surface area (Å²) in [5, 5.41) is 12.5. The third-order valence-electron chi connectivity index (χ3n) is 6.32. The van der Waals surface area contributed by atoms with Crippen molar-refractivity contribution in [2.45, 2.75) is 20.8 Å². The Kier molecular flexibility index (Phi) is 6.36. The molecule has 33 heavy (non-hydrogen) atoms. The highest BCUT2D eigenvalue weighted by Gasteiger charge is 2.21. The van der Waals surface area contributed by atoms with Gasteiger partial charge < -0.3 is 20.2 Å². The third kappa shape index (κ3) is 4.85. The Balaban J connectivity index is 1.49. The zero-order chi connectivity index (χ0) is 23.5. The van der Waals surface area contributed by atoms with Gasteiger partial charge in [0.2, 0.25) is 0 Å². The lowest BCUT2D eigenvalue weighted by Crippen LogP contribution is -2.46. The van der Waals surface area contributed by atoms with Gasteiger partial charge in [-0.15, -0.1) is 0 Å². The van der Waals surface area contributed by atoms with Crippen LogP contribution >= 0.6 is 0 Å². The molecule has 0 saturated carbocycles. The van der Waals surface area contributed by atoms with Gasteiger partial charge >= 0.3 is 5.97 Å². The minimum atomic E-state index is -1.06. The summed E-state index contributed by atoms with van der Waals surface area (Å²) in [6, 6.07) is 18.8. The van der Waals surface area contributed by atoms with Gasteiger partial charge in [-0.05, 0) is 68.3 Å². The van der Waals surface area contributed by atoms with Crippen molar-refractivity contribution in [3.8, 4) is 0 Å². The van der Waals surface area contributed by atoms with E-state index in [9.17, 15) is 14.7 Å². The van der Waals surface area contributed by atoms with Crippen LogP contribution in [0.3, 0.4) is 0 Å². The van der Waals surface area contributed by atoms with E-state index in [-0.39, 0.29) is 11.5 Å². The number of hydrogen-bond acceptors (Lipinski definition) is 4. The highest BCUT2D eigenvalue weighted by Crippen LogP contribution is 2.28. The fraction of sp³-hybridized carbons (Fsp3) is 0.259. The zero-order valence-corrected chi connectivity index (χ0v) is 19.3. The predicted octanol–water partition coefficient (Wildman–Crippen LogP) is 4.89. The average molecular weight is 444 g/mol. The maximum absolute atomic E-state index is 12.6. The summed E-state index contributed by atoms with van der Waals surface area (Å²) in [6.07, 6.45) is 0. The predicted molar refractivity (Wildman–Crippen MR) is 133 cm³/mol. The molecule has 1 aliphatic heterocycles. The standard InChI is InChI=1S/C27H29N3O3/c1-18-6-4-8-21(16-18)26(31)28-24-11-10-22(17-23(24)27(32)33)29-12-14-30(15-13-29)25-9-5-7-19(2)20(25)3/h4-11,16-17H,12-15H2,1-3H3,(H,28,31)(H,32,33). The third-order valence-corrected chi connectivity index (χ3v) is 6.32. The molecule has 1 amide bonds. The smallest absolute Gasteiger partial charge is 0.337 e. The number of rotatable bonds is 5. The summed E-state index contributed by atoms with van der Waals surface area (Å²) in [7, 11) is 0. The largest absolute Gasteiger partial charge is 0.478 e. The lowest BCUT2D eigenvalue weighted by Gasteiger charge is -2.38. The van der Waals surface area contributed by atoms with E-state index in [4.69, 9.17) is 0 Å². The van der Waals surface area contributed by atoms with Crippen LogP contribution in [0.5, 0.6) is 0 Å². The quantitative estimate of drug-likeness (QED) is 0.587. The van der Waals surface area contributed by atoms with Crippen molar-refractivity contribution in [3.63, 3.8) is 0 Å². The zero-order valence-electron chi connectivity index (χ0n) is 19.3. The van der Waals surface area contributed by atoms with Gasteiger partial charge in [0.15, 0.2) is 0 Å². The minimum Gasteiger partial charge on any atom is -0.478 e. The highest BCUT2D eigenvalue weighted by molar-refractivity contribution is 6.08. The Labute approximate surface area is 194 Å². The molecule has 1 fully saturated rings. The number of carboxylic acids is 1. The van der Waals surface area contributed by atoms with E-state index in [1.54, 1.807) is 24.3 Å². The molecule has 1 saturated heterocycles. The Hall–Kier alpha value is -3.80. The van der Waals surface area contributed by atoms with Gasteiger partial charge in [0.1, 0.15) is 0 Å². The van der Waals surface area contributed by atoms with Crippen molar-refractivity contribution < 1.29 is 14.7 Å². The summed E-state index contributed by atoms with van der Waals surface area (Å²) in [5.74, 6) is -1.39. The van der Waals surface area contributed by atoms with Crippen LogP contribution < -0.4 is 15.1 Å². The lowest BCUT2D eigenvalue weighted by molar-refractivity contribution is 0.0698. The second-order valence-electron chi connectivity index (χ2n) is 8.55. The number of nitrogens with one attached hydrogen (secondary N) is 1. The van der Waals surface area contributed by atoms with Crippen LogP contribution in [0.2, 0.25) is 0 Å². The molecule has 0 atom stereocenters. The van der Waals surface area contributed by atoms with E-state index < -0.39 is 5.97 Å². The second kappa shape index (κ2) is 9.36. The van der Waals surface area contributed by atoms with Crippen LogP contribution in [-0.2, 0) is 0 Å². The molecule has 1 aliphatic rings. The molecule has 6 nitrogen and oxygen atoms in total. The Morgan fingerprint density at radius 1 is 0.848 bits per heavy atom. The first-order chi connectivity index (χ1) is 15.8. The van der Waals surface area contributed by atoms with Crippen molar-refractivity contribution in [1.82, 2.24) is 0 Å². The van der Waals surface area contributed by atoms with Crippen LogP contribution in [0.1, 0.15) is 37.4 Å². The van der Waals surface area contributed by atoms with E-state index in [0.717, 1.165) is 37.4 Å². The van der Waals surface area contributed by atoms with Crippen molar-refractivity contribution in [2.75, 3.05) is 41.3 Å². The molecule has 0 aliphatic carbocycles. The molecular formula is C27H29N3O3. The molecule has 0 spiro atoms. The van der Waals surface area contributed by atoms with Crippen molar-refractivity contribution in [3.05, 3.63) is 88.5 Å². The molecule has 6 heteroatoms. The van der Waals surface area contributed by atoms with Gasteiger partial charge in [0.05, 0.1) is 11.3 Å². The van der Waals surface area contributed by atoms with Gasteiger partial charge in [-0.3, -0.25) is 4.79 Å². The number of nitrogens with zero attached hydrogens (tertiary/aromatic N) is 2. The van der Waals surface area contributed by atoms with Gasteiger partial charge in [-0.1, -0.05) is 29.8 Å². The van der Waals surface area contributed by atoms with Gasteiger partial charge in [-0.25, -0.2) is 4.79 Å². The van der Waals surface area contributed by atoms with E-state index in [1.165, 1.54) is 16.8 Å². The number of carbonyl (C=O) groups excluding carboxylic acids is 1.